The van der Waals surface area contributed by atoms with E-state index in [0.717, 1.165) is 6.07 Å². The second-order valence-corrected chi connectivity index (χ2v) is 7.27. The molecule has 1 saturated heterocycles. The van der Waals surface area contributed by atoms with Gasteiger partial charge in [-0.05, 0) is 6.07 Å². The van der Waals surface area contributed by atoms with Crippen molar-refractivity contribution >= 4 is 13.9 Å². The molecule has 13 nitrogen and oxygen atoms in total. The predicted molar refractivity (Wildman–Crippen MR) is 99.6 cm³/mol. The molecule has 1 fully saturated rings. The van der Waals surface area contributed by atoms with Crippen LogP contribution >= 0.6 is 8.25 Å². The molecule has 0 spiro atoms. The zero-order chi connectivity index (χ0) is 22.4. The Morgan fingerprint density at radius 3 is 2.27 bits per heavy atom. The minimum atomic E-state index is -3.16. The van der Waals surface area contributed by atoms with Gasteiger partial charge >= 0.3 is 8.25 Å². The van der Waals surface area contributed by atoms with Gasteiger partial charge in [0.25, 0.3) is 5.69 Å². The number of nitro benzene ring substituents is 1. The molecule has 0 aliphatic carbocycles. The summed E-state index contributed by atoms with van der Waals surface area (Å²) in [4.78, 5) is 10.6. The minimum Gasteiger partial charge on any atom is -0.493 e. The molecule has 14 heteroatoms. The third-order valence-corrected chi connectivity index (χ3v) is 5.18. The first-order valence-corrected chi connectivity index (χ1v) is 9.87. The third-order valence-electron chi connectivity index (χ3n) is 4.39. The van der Waals surface area contributed by atoms with Gasteiger partial charge in [0.1, 0.15) is 24.4 Å². The molecule has 1 aromatic rings. The Bertz CT molecular complexity index is 760. The topological polar surface area (TPSA) is 176 Å². The summed E-state index contributed by atoms with van der Waals surface area (Å²) in [6, 6.07) is 2.47. The molecule has 0 saturated carbocycles. The van der Waals surface area contributed by atoms with Gasteiger partial charge in [0.2, 0.25) is 0 Å². The second-order valence-electron chi connectivity index (χ2n) is 6.19. The first-order chi connectivity index (χ1) is 14.2. The maximum atomic E-state index is 12.1. The average Bonchev–Trinajstić information content (AvgIpc) is 2.74. The van der Waals surface area contributed by atoms with E-state index in [9.17, 15) is 30.0 Å². The maximum Gasteiger partial charge on any atom is 0.319 e. The van der Waals surface area contributed by atoms with E-state index in [1.807, 2.05) is 0 Å². The standard InChI is InChI=1S/C16H24NO12P/c1-24-10-4-8(9(17(21)22)5-11(10)25-2)6-27-30(23)28-7-12-13(18)14(19)15(20)16(26-3)29-12/h4-5,12-16,18-20,30H,6-7H2,1-3H3/t12-,13-,14+,15-,16+/m1/s1. The van der Waals surface area contributed by atoms with Gasteiger partial charge < -0.3 is 43.3 Å². The van der Waals surface area contributed by atoms with Crippen molar-refractivity contribution in [1.82, 2.24) is 0 Å². The van der Waals surface area contributed by atoms with Gasteiger partial charge in [-0.1, -0.05) is 0 Å². The molecule has 1 unspecified atom stereocenters. The van der Waals surface area contributed by atoms with Crippen molar-refractivity contribution in [3.63, 3.8) is 0 Å². The van der Waals surface area contributed by atoms with Crippen LogP contribution in [0.25, 0.3) is 0 Å². The molecular weight excluding hydrogens is 429 g/mol. The van der Waals surface area contributed by atoms with Crippen molar-refractivity contribution in [3.05, 3.63) is 27.8 Å². The van der Waals surface area contributed by atoms with Crippen molar-refractivity contribution in [2.24, 2.45) is 0 Å². The third kappa shape index (κ3) is 5.65. The smallest absolute Gasteiger partial charge is 0.319 e. The van der Waals surface area contributed by atoms with Gasteiger partial charge in [-0.3, -0.25) is 14.7 Å². The van der Waals surface area contributed by atoms with Crippen LogP contribution in [0.2, 0.25) is 0 Å². The van der Waals surface area contributed by atoms with Crippen LogP contribution in [-0.4, -0.2) is 78.9 Å². The zero-order valence-corrected chi connectivity index (χ0v) is 17.4. The highest BCUT2D eigenvalue weighted by Crippen LogP contribution is 2.37. The number of hydrogen-bond donors (Lipinski definition) is 3. The maximum absolute atomic E-state index is 12.1. The van der Waals surface area contributed by atoms with E-state index in [2.05, 4.69) is 0 Å². The first-order valence-electron chi connectivity index (χ1n) is 8.64. The molecular formula is C16H24NO12P. The fourth-order valence-electron chi connectivity index (χ4n) is 2.77. The highest BCUT2D eigenvalue weighted by molar-refractivity contribution is 7.33. The lowest BCUT2D eigenvalue weighted by molar-refractivity contribution is -0.385. The molecule has 1 aliphatic rings. The molecule has 1 aromatic carbocycles. The Kier molecular flexibility index (Phi) is 8.94. The van der Waals surface area contributed by atoms with Crippen LogP contribution in [0.4, 0.5) is 5.69 Å². The van der Waals surface area contributed by atoms with Crippen LogP contribution in [-0.2, 0) is 29.7 Å². The van der Waals surface area contributed by atoms with Gasteiger partial charge in [0.05, 0.1) is 44.0 Å². The van der Waals surface area contributed by atoms with Gasteiger partial charge in [-0.25, -0.2) is 0 Å². The average molecular weight is 453 g/mol. The van der Waals surface area contributed by atoms with E-state index < -0.39 is 57.1 Å². The Morgan fingerprint density at radius 1 is 1.07 bits per heavy atom. The first kappa shape index (κ1) is 24.4. The van der Waals surface area contributed by atoms with Crippen LogP contribution in [0.5, 0.6) is 11.5 Å². The summed E-state index contributed by atoms with van der Waals surface area (Å²) >= 11 is 0. The molecule has 30 heavy (non-hydrogen) atoms. The van der Waals surface area contributed by atoms with E-state index >= 15 is 0 Å². The Balaban J connectivity index is 1.98. The number of aliphatic hydroxyl groups is 3. The van der Waals surface area contributed by atoms with Crippen LogP contribution in [0, 0.1) is 10.1 Å². The van der Waals surface area contributed by atoms with Crippen molar-refractivity contribution in [1.29, 1.82) is 0 Å². The fraction of sp³-hybridized carbons (Fsp3) is 0.625. The second kappa shape index (κ2) is 11.0. The molecule has 0 aromatic heterocycles. The minimum absolute atomic E-state index is 0.0755. The zero-order valence-electron chi connectivity index (χ0n) is 16.4. The molecule has 0 amide bonds. The summed E-state index contributed by atoms with van der Waals surface area (Å²) in [7, 11) is 0.758. The van der Waals surface area contributed by atoms with Crippen molar-refractivity contribution in [3.8, 4) is 11.5 Å². The van der Waals surface area contributed by atoms with Gasteiger partial charge in [-0.15, -0.1) is 0 Å². The van der Waals surface area contributed by atoms with Gasteiger partial charge in [0, 0.05) is 7.11 Å². The van der Waals surface area contributed by atoms with Crippen molar-refractivity contribution in [2.75, 3.05) is 27.9 Å². The molecule has 170 valence electrons. The van der Waals surface area contributed by atoms with E-state index in [0.29, 0.717) is 0 Å². The van der Waals surface area contributed by atoms with Crippen LogP contribution in [0.1, 0.15) is 5.56 Å². The Morgan fingerprint density at radius 2 is 1.70 bits per heavy atom. The van der Waals surface area contributed by atoms with Crippen molar-refractivity contribution in [2.45, 2.75) is 37.3 Å². The highest BCUT2D eigenvalue weighted by Gasteiger charge is 2.44. The summed E-state index contributed by atoms with van der Waals surface area (Å²) in [6.45, 7) is -0.874. The fourth-order valence-corrected chi connectivity index (χ4v) is 3.43. The number of hydrogen-bond acceptors (Lipinski definition) is 12. The lowest BCUT2D eigenvalue weighted by Gasteiger charge is -2.39. The summed E-state index contributed by atoms with van der Waals surface area (Å²) in [5, 5.41) is 40.7. The summed E-state index contributed by atoms with van der Waals surface area (Å²) in [5.41, 5.74) is -0.250. The van der Waals surface area contributed by atoms with Gasteiger partial charge in [-0.2, -0.15) is 0 Å². The van der Waals surface area contributed by atoms with Crippen LogP contribution in [0.3, 0.4) is 0 Å². The molecule has 1 aliphatic heterocycles. The van der Waals surface area contributed by atoms with Gasteiger partial charge in [0.15, 0.2) is 17.8 Å². The Hall–Kier alpha value is -1.83. The number of nitrogens with zero attached hydrogens (tertiary/aromatic N) is 1. The lowest BCUT2D eigenvalue weighted by atomic mass is 9.99. The number of ether oxygens (including phenoxy) is 4. The highest BCUT2D eigenvalue weighted by atomic mass is 31.1. The summed E-state index contributed by atoms with van der Waals surface area (Å²) in [6.07, 6.45) is -6.92. The molecule has 3 N–H and O–H groups in total. The number of nitro groups is 1. The quantitative estimate of drug-likeness (QED) is 0.246. The van der Waals surface area contributed by atoms with E-state index in [1.54, 1.807) is 0 Å². The van der Waals surface area contributed by atoms with Crippen molar-refractivity contribution < 1.29 is 52.8 Å². The molecule has 0 radical (unpaired) electrons. The molecule has 1 heterocycles. The molecule has 6 atom stereocenters. The predicted octanol–water partition coefficient (Wildman–Crippen LogP) is -0.0111. The summed E-state index contributed by atoms with van der Waals surface area (Å²) < 4.78 is 42.3. The number of benzene rings is 1. The monoisotopic (exact) mass is 453 g/mol. The SMILES string of the molecule is COc1cc(CO[PH](=O)OC[C@H]2O[C@H](OC)[C@H](O)[C@@H](O)[C@@H]2O)c([N+](=O)[O-])cc1OC. The number of aliphatic hydroxyl groups excluding tert-OH is 3. The van der Waals surface area contributed by atoms with E-state index in [1.165, 1.54) is 27.4 Å². The normalized spacial score (nSPS) is 27.5. The molecule has 0 bridgehead atoms. The Labute approximate surface area is 172 Å². The number of methoxy groups -OCH3 is 3. The molecule has 2 rings (SSSR count). The summed E-state index contributed by atoms with van der Waals surface area (Å²) in [5.74, 6) is 0.368. The lowest BCUT2D eigenvalue weighted by Crippen LogP contribution is -2.59. The van der Waals surface area contributed by atoms with E-state index in [4.69, 9.17) is 28.0 Å². The number of rotatable bonds is 10. The van der Waals surface area contributed by atoms with E-state index in [-0.39, 0.29) is 22.7 Å². The van der Waals surface area contributed by atoms with Crippen LogP contribution in [0.15, 0.2) is 12.1 Å². The largest absolute Gasteiger partial charge is 0.493 e. The van der Waals surface area contributed by atoms with Crippen LogP contribution < -0.4 is 9.47 Å².